The first-order valence-corrected chi connectivity index (χ1v) is 9.35. The molecule has 1 unspecified atom stereocenters. The van der Waals surface area contributed by atoms with Crippen LogP contribution < -0.4 is 10.9 Å². The quantitative estimate of drug-likeness (QED) is 0.593. The lowest BCUT2D eigenvalue weighted by molar-refractivity contribution is -0.153. The van der Waals surface area contributed by atoms with Gasteiger partial charge in [0.1, 0.15) is 5.39 Å². The number of rotatable bonds is 6. The second-order valence-corrected chi connectivity index (χ2v) is 7.01. The molecule has 1 amide bonds. The lowest BCUT2D eigenvalue weighted by Crippen LogP contribution is -2.31. The molecule has 0 bridgehead atoms. The summed E-state index contributed by atoms with van der Waals surface area (Å²) in [6.45, 7) is 1.49. The molecule has 11 heteroatoms. The lowest BCUT2D eigenvalue weighted by Gasteiger charge is -2.14. The number of hydrogen-bond acceptors (Lipinski definition) is 6. The standard InChI is InChI=1S/C18H17Cl2N5O4/c1-10(17(27)23-13-5-3-4-12(19)15(13)20)29-14(26)6-7-25-9-21-16-11(18(25)28)8-22-24(16)2/h3-5,8-10H,6-7H2,1-2H3,(H,23,27). The molecule has 0 aliphatic rings. The normalized spacial score (nSPS) is 12.0. The Labute approximate surface area is 175 Å². The molecule has 1 N–H and O–H groups in total. The van der Waals surface area contributed by atoms with Crippen molar-refractivity contribution >= 4 is 51.8 Å². The average Bonchev–Trinajstić information content (AvgIpc) is 3.06. The van der Waals surface area contributed by atoms with Crippen LogP contribution in [0.4, 0.5) is 5.69 Å². The SMILES string of the molecule is CC(OC(=O)CCn1cnc2c(cnn2C)c1=O)C(=O)Nc1cccc(Cl)c1Cl. The number of nitrogens with one attached hydrogen (secondary N) is 1. The minimum absolute atomic E-state index is 0.0595. The van der Waals surface area contributed by atoms with Crippen LogP contribution in [0.25, 0.3) is 11.0 Å². The van der Waals surface area contributed by atoms with E-state index < -0.39 is 18.0 Å². The molecule has 152 valence electrons. The van der Waals surface area contributed by atoms with E-state index in [1.807, 2.05) is 0 Å². The third-order valence-electron chi connectivity index (χ3n) is 4.16. The first-order chi connectivity index (χ1) is 13.8. The maximum atomic E-state index is 12.4. The Morgan fingerprint density at radius 1 is 1.31 bits per heavy atom. The second-order valence-electron chi connectivity index (χ2n) is 6.22. The van der Waals surface area contributed by atoms with E-state index in [4.69, 9.17) is 27.9 Å². The largest absolute Gasteiger partial charge is 0.452 e. The summed E-state index contributed by atoms with van der Waals surface area (Å²) in [6.07, 6.45) is 1.60. The van der Waals surface area contributed by atoms with E-state index in [0.717, 1.165) is 0 Å². The van der Waals surface area contributed by atoms with Crippen LogP contribution in [-0.4, -0.2) is 37.3 Å². The number of aryl methyl sites for hydroxylation is 2. The van der Waals surface area contributed by atoms with Gasteiger partial charge in [0, 0.05) is 13.6 Å². The van der Waals surface area contributed by atoms with Crippen LogP contribution in [0.15, 0.2) is 35.5 Å². The van der Waals surface area contributed by atoms with E-state index in [2.05, 4.69) is 15.4 Å². The molecule has 9 nitrogen and oxygen atoms in total. The van der Waals surface area contributed by atoms with Crippen LogP contribution in [-0.2, 0) is 27.9 Å². The third kappa shape index (κ3) is 4.57. The number of carbonyl (C=O) groups excluding carboxylic acids is 2. The highest BCUT2D eigenvalue weighted by Crippen LogP contribution is 2.29. The fraction of sp³-hybridized carbons (Fsp3) is 0.278. The molecule has 0 saturated heterocycles. The van der Waals surface area contributed by atoms with E-state index in [0.29, 0.717) is 21.7 Å². The Kier molecular flexibility index (Phi) is 6.19. The molecule has 0 aliphatic carbocycles. The number of nitrogens with zero attached hydrogens (tertiary/aromatic N) is 4. The van der Waals surface area contributed by atoms with E-state index in [9.17, 15) is 14.4 Å². The Bertz CT molecular complexity index is 1140. The molecule has 29 heavy (non-hydrogen) atoms. The minimum Gasteiger partial charge on any atom is -0.452 e. The van der Waals surface area contributed by atoms with Gasteiger partial charge in [0.15, 0.2) is 11.8 Å². The first kappa shape index (κ1) is 20.8. The van der Waals surface area contributed by atoms with E-state index in [1.165, 1.54) is 28.7 Å². The van der Waals surface area contributed by atoms with Crippen molar-refractivity contribution in [2.75, 3.05) is 5.32 Å². The number of esters is 1. The number of amides is 1. The number of hydrogen-bond donors (Lipinski definition) is 1. The van der Waals surface area contributed by atoms with Crippen molar-refractivity contribution in [3.05, 3.63) is 51.1 Å². The Morgan fingerprint density at radius 3 is 2.83 bits per heavy atom. The Balaban J connectivity index is 1.57. The van der Waals surface area contributed by atoms with E-state index in [1.54, 1.807) is 25.2 Å². The first-order valence-electron chi connectivity index (χ1n) is 8.59. The van der Waals surface area contributed by atoms with Crippen LogP contribution >= 0.6 is 23.2 Å². The predicted molar refractivity (Wildman–Crippen MR) is 108 cm³/mol. The van der Waals surface area contributed by atoms with E-state index >= 15 is 0 Å². The average molecular weight is 438 g/mol. The summed E-state index contributed by atoms with van der Waals surface area (Å²) >= 11 is 11.9. The van der Waals surface area contributed by atoms with Crippen molar-refractivity contribution in [1.82, 2.24) is 19.3 Å². The molecular formula is C18H17Cl2N5O4. The van der Waals surface area contributed by atoms with Crippen molar-refractivity contribution in [3.8, 4) is 0 Å². The predicted octanol–water partition coefficient (Wildman–Crippen LogP) is 2.40. The molecule has 3 aromatic rings. The van der Waals surface area contributed by atoms with Gasteiger partial charge in [-0.3, -0.25) is 23.6 Å². The topological polar surface area (TPSA) is 108 Å². The molecule has 0 saturated carbocycles. The van der Waals surface area contributed by atoms with Gasteiger partial charge in [-0.1, -0.05) is 29.3 Å². The summed E-state index contributed by atoms with van der Waals surface area (Å²) in [5.41, 5.74) is 0.463. The number of carbonyl (C=O) groups is 2. The van der Waals surface area contributed by atoms with Gasteiger partial charge < -0.3 is 10.1 Å². The highest BCUT2D eigenvalue weighted by Gasteiger charge is 2.19. The minimum atomic E-state index is -1.06. The smallest absolute Gasteiger partial charge is 0.308 e. The van der Waals surface area contributed by atoms with Gasteiger partial charge in [0.25, 0.3) is 11.5 Å². The lowest BCUT2D eigenvalue weighted by atomic mass is 10.3. The van der Waals surface area contributed by atoms with Crippen LogP contribution in [0.2, 0.25) is 10.0 Å². The fourth-order valence-electron chi connectivity index (χ4n) is 2.58. The van der Waals surface area contributed by atoms with Gasteiger partial charge >= 0.3 is 5.97 Å². The van der Waals surface area contributed by atoms with Gasteiger partial charge in [-0.05, 0) is 19.1 Å². The Morgan fingerprint density at radius 2 is 2.07 bits per heavy atom. The van der Waals surface area contributed by atoms with Crippen molar-refractivity contribution < 1.29 is 14.3 Å². The van der Waals surface area contributed by atoms with Gasteiger partial charge in [-0.25, -0.2) is 4.98 Å². The zero-order valence-corrected chi connectivity index (χ0v) is 17.1. The molecular weight excluding hydrogens is 421 g/mol. The zero-order valence-electron chi connectivity index (χ0n) is 15.6. The van der Waals surface area contributed by atoms with E-state index in [-0.39, 0.29) is 23.5 Å². The number of fused-ring (bicyclic) bond motifs is 1. The van der Waals surface area contributed by atoms with Crippen LogP contribution in [0, 0.1) is 0 Å². The molecule has 0 radical (unpaired) electrons. The molecule has 1 atom stereocenters. The third-order valence-corrected chi connectivity index (χ3v) is 4.98. The molecule has 2 aromatic heterocycles. The van der Waals surface area contributed by atoms with Crippen molar-refractivity contribution in [1.29, 1.82) is 0 Å². The van der Waals surface area contributed by atoms with Crippen molar-refractivity contribution in [2.24, 2.45) is 7.05 Å². The zero-order chi connectivity index (χ0) is 21.1. The fourth-order valence-corrected chi connectivity index (χ4v) is 2.93. The molecule has 0 fully saturated rings. The summed E-state index contributed by atoms with van der Waals surface area (Å²) < 4.78 is 7.91. The van der Waals surface area contributed by atoms with Crippen molar-refractivity contribution in [2.45, 2.75) is 26.0 Å². The number of benzene rings is 1. The molecule has 0 spiro atoms. The molecule has 3 rings (SSSR count). The summed E-state index contributed by atoms with van der Waals surface area (Å²) in [6, 6.07) is 4.79. The summed E-state index contributed by atoms with van der Waals surface area (Å²) in [5.74, 6) is -1.19. The van der Waals surface area contributed by atoms with Gasteiger partial charge in [-0.15, -0.1) is 0 Å². The maximum absolute atomic E-state index is 12.4. The summed E-state index contributed by atoms with van der Waals surface area (Å²) in [7, 11) is 1.68. The van der Waals surface area contributed by atoms with Crippen molar-refractivity contribution in [3.63, 3.8) is 0 Å². The Hall–Kier alpha value is -2.91. The molecule has 2 heterocycles. The summed E-state index contributed by atoms with van der Waals surface area (Å²) in [4.78, 5) is 40.8. The maximum Gasteiger partial charge on any atom is 0.308 e. The molecule has 1 aromatic carbocycles. The number of halogens is 2. The van der Waals surface area contributed by atoms with Gasteiger partial charge in [0.05, 0.1) is 34.7 Å². The highest BCUT2D eigenvalue weighted by atomic mass is 35.5. The number of ether oxygens (including phenoxy) is 1. The number of anilines is 1. The second kappa shape index (κ2) is 8.62. The van der Waals surface area contributed by atoms with Crippen LogP contribution in [0.5, 0.6) is 0 Å². The van der Waals surface area contributed by atoms with Crippen LogP contribution in [0.1, 0.15) is 13.3 Å². The van der Waals surface area contributed by atoms with Crippen LogP contribution in [0.3, 0.4) is 0 Å². The van der Waals surface area contributed by atoms with Gasteiger partial charge in [0.2, 0.25) is 0 Å². The summed E-state index contributed by atoms with van der Waals surface area (Å²) in [5, 5.41) is 7.38. The number of aromatic nitrogens is 4. The molecule has 0 aliphatic heterocycles. The monoisotopic (exact) mass is 437 g/mol. The van der Waals surface area contributed by atoms with Gasteiger partial charge in [-0.2, -0.15) is 5.10 Å². The highest BCUT2D eigenvalue weighted by molar-refractivity contribution is 6.44.